The first kappa shape index (κ1) is 21.1. The summed E-state index contributed by atoms with van der Waals surface area (Å²) in [6.45, 7) is 0. The van der Waals surface area contributed by atoms with Crippen molar-refractivity contribution in [1.82, 2.24) is 0 Å². The van der Waals surface area contributed by atoms with Crippen LogP contribution in [0.5, 0.6) is 0 Å². The molecule has 0 bridgehead atoms. The first-order chi connectivity index (χ1) is 12.8. The van der Waals surface area contributed by atoms with Crippen LogP contribution in [0.2, 0.25) is 0 Å². The SMILES string of the molecule is O=C=NC1CCCCCCCCC1(N=C=O)C1CCCCCCCCC1. The molecule has 0 saturated heterocycles. The fourth-order valence-corrected chi connectivity index (χ4v) is 5.20. The summed E-state index contributed by atoms with van der Waals surface area (Å²) < 4.78 is 0. The van der Waals surface area contributed by atoms with Gasteiger partial charge in [-0.2, -0.15) is 9.98 Å². The second kappa shape index (κ2) is 12.2. The minimum atomic E-state index is -0.532. The molecule has 2 saturated carbocycles. The van der Waals surface area contributed by atoms with Crippen LogP contribution in [0.1, 0.15) is 109 Å². The molecule has 0 amide bonds. The highest BCUT2D eigenvalue weighted by Gasteiger charge is 2.45. The Morgan fingerprint density at radius 3 is 1.65 bits per heavy atom. The van der Waals surface area contributed by atoms with Crippen LogP contribution < -0.4 is 0 Å². The molecule has 26 heavy (non-hydrogen) atoms. The highest BCUT2D eigenvalue weighted by atomic mass is 16.1. The molecule has 0 heterocycles. The fraction of sp³-hybridized carbons (Fsp3) is 0.909. The summed E-state index contributed by atoms with van der Waals surface area (Å²) in [4.78, 5) is 31.3. The maximum atomic E-state index is 11.5. The monoisotopic (exact) mass is 360 g/mol. The third-order valence-corrected chi connectivity index (χ3v) is 6.66. The number of isocyanates is 2. The van der Waals surface area contributed by atoms with Gasteiger partial charge in [-0.15, -0.1) is 0 Å². The highest BCUT2D eigenvalue weighted by molar-refractivity contribution is 5.38. The third-order valence-electron chi connectivity index (χ3n) is 6.66. The Morgan fingerprint density at radius 1 is 0.615 bits per heavy atom. The Bertz CT molecular complexity index is 484. The van der Waals surface area contributed by atoms with E-state index in [4.69, 9.17) is 0 Å². The summed E-state index contributed by atoms with van der Waals surface area (Å²) in [6.07, 6.45) is 23.5. The Kier molecular flexibility index (Phi) is 9.89. The fourth-order valence-electron chi connectivity index (χ4n) is 5.20. The summed E-state index contributed by atoms with van der Waals surface area (Å²) in [5.41, 5.74) is -0.532. The van der Waals surface area contributed by atoms with Gasteiger partial charge in [-0.05, 0) is 31.6 Å². The average Bonchev–Trinajstić information content (AvgIpc) is 2.66. The Labute approximate surface area is 159 Å². The van der Waals surface area contributed by atoms with Crippen LogP contribution >= 0.6 is 0 Å². The van der Waals surface area contributed by atoms with Gasteiger partial charge in [0.15, 0.2) is 0 Å². The lowest BCUT2D eigenvalue weighted by Crippen LogP contribution is -2.47. The van der Waals surface area contributed by atoms with Crippen LogP contribution in [0.3, 0.4) is 0 Å². The number of nitrogens with zero attached hydrogens (tertiary/aromatic N) is 2. The van der Waals surface area contributed by atoms with Crippen molar-refractivity contribution in [3.05, 3.63) is 0 Å². The van der Waals surface area contributed by atoms with Crippen molar-refractivity contribution >= 4 is 12.2 Å². The molecule has 2 atom stereocenters. The van der Waals surface area contributed by atoms with E-state index in [1.54, 1.807) is 0 Å². The van der Waals surface area contributed by atoms with Crippen molar-refractivity contribution in [2.24, 2.45) is 15.9 Å². The molecule has 0 aromatic carbocycles. The molecule has 0 N–H and O–H groups in total. The molecule has 0 aromatic rings. The zero-order valence-electron chi connectivity index (χ0n) is 16.4. The van der Waals surface area contributed by atoms with E-state index in [2.05, 4.69) is 9.98 Å². The molecule has 2 rings (SSSR count). The maximum absolute atomic E-state index is 11.5. The van der Waals surface area contributed by atoms with Crippen LogP contribution in [0.15, 0.2) is 9.98 Å². The highest BCUT2D eigenvalue weighted by Crippen LogP contribution is 2.42. The van der Waals surface area contributed by atoms with Crippen LogP contribution in [-0.4, -0.2) is 23.7 Å². The molecule has 0 radical (unpaired) electrons. The molecule has 4 nitrogen and oxygen atoms in total. The lowest BCUT2D eigenvalue weighted by atomic mass is 9.68. The summed E-state index contributed by atoms with van der Waals surface area (Å²) in [7, 11) is 0. The van der Waals surface area contributed by atoms with Crippen LogP contribution in [0, 0.1) is 5.92 Å². The van der Waals surface area contributed by atoms with Crippen LogP contribution in [0.25, 0.3) is 0 Å². The zero-order valence-corrected chi connectivity index (χ0v) is 16.4. The van der Waals surface area contributed by atoms with E-state index in [-0.39, 0.29) is 6.04 Å². The molecule has 4 heteroatoms. The second-order valence-electron chi connectivity index (χ2n) is 8.34. The van der Waals surface area contributed by atoms with Gasteiger partial charge in [0, 0.05) is 0 Å². The Balaban J connectivity index is 2.32. The average molecular weight is 361 g/mol. The van der Waals surface area contributed by atoms with Crippen molar-refractivity contribution in [2.45, 2.75) is 121 Å². The molecule has 2 fully saturated rings. The molecule has 0 spiro atoms. The normalized spacial score (nSPS) is 30.4. The van der Waals surface area contributed by atoms with Gasteiger partial charge in [0.05, 0.1) is 11.6 Å². The van der Waals surface area contributed by atoms with Crippen LogP contribution in [0.4, 0.5) is 0 Å². The van der Waals surface area contributed by atoms with E-state index >= 15 is 0 Å². The van der Waals surface area contributed by atoms with Crippen molar-refractivity contribution < 1.29 is 9.59 Å². The minimum Gasteiger partial charge on any atom is -0.211 e. The van der Waals surface area contributed by atoms with E-state index in [1.807, 2.05) is 12.2 Å². The second-order valence-corrected chi connectivity index (χ2v) is 8.34. The number of hydrogen-bond donors (Lipinski definition) is 0. The summed E-state index contributed by atoms with van der Waals surface area (Å²) >= 11 is 0. The van der Waals surface area contributed by atoms with Gasteiger partial charge in [0.2, 0.25) is 12.2 Å². The molecule has 2 unspecified atom stereocenters. The maximum Gasteiger partial charge on any atom is 0.235 e. The van der Waals surface area contributed by atoms with Gasteiger partial charge in [0.1, 0.15) is 0 Å². The first-order valence-electron chi connectivity index (χ1n) is 11.0. The molecular weight excluding hydrogens is 324 g/mol. The van der Waals surface area contributed by atoms with Gasteiger partial charge in [-0.3, -0.25) is 0 Å². The van der Waals surface area contributed by atoms with E-state index < -0.39 is 5.54 Å². The van der Waals surface area contributed by atoms with E-state index in [0.29, 0.717) is 5.92 Å². The van der Waals surface area contributed by atoms with Crippen molar-refractivity contribution in [3.8, 4) is 0 Å². The predicted octanol–water partition coefficient (Wildman–Crippen LogP) is 6.04. The van der Waals surface area contributed by atoms with Gasteiger partial charge in [0.25, 0.3) is 0 Å². The first-order valence-corrected chi connectivity index (χ1v) is 11.0. The van der Waals surface area contributed by atoms with Gasteiger partial charge >= 0.3 is 0 Å². The lowest BCUT2D eigenvalue weighted by molar-refractivity contribution is 0.164. The summed E-state index contributed by atoms with van der Waals surface area (Å²) in [5, 5.41) is 0. The standard InChI is InChI=1S/C22H36N2O2/c25-18-23-21-16-12-8-4-5-9-13-17-22(21,24-19-26)20-14-10-6-2-1-3-7-11-15-20/h20-21H,1-17H2. The smallest absolute Gasteiger partial charge is 0.211 e. The van der Waals surface area contributed by atoms with Crippen LogP contribution in [-0.2, 0) is 9.59 Å². The van der Waals surface area contributed by atoms with Gasteiger partial charge in [-0.1, -0.05) is 83.5 Å². The molecule has 0 aliphatic heterocycles. The molecular formula is C22H36N2O2. The van der Waals surface area contributed by atoms with Gasteiger partial charge in [-0.25, -0.2) is 9.59 Å². The van der Waals surface area contributed by atoms with Crippen molar-refractivity contribution in [2.75, 3.05) is 0 Å². The number of carbonyl (C=O) groups excluding carboxylic acids is 2. The van der Waals surface area contributed by atoms with Crippen molar-refractivity contribution in [3.63, 3.8) is 0 Å². The Morgan fingerprint density at radius 2 is 1.12 bits per heavy atom. The summed E-state index contributed by atoms with van der Waals surface area (Å²) in [5.74, 6) is 0.337. The summed E-state index contributed by atoms with van der Waals surface area (Å²) in [6, 6.07) is -0.201. The predicted molar refractivity (Wildman–Crippen MR) is 105 cm³/mol. The number of aliphatic imine (C=N–C) groups is 2. The van der Waals surface area contributed by atoms with E-state index in [0.717, 1.165) is 38.5 Å². The third kappa shape index (κ3) is 6.18. The van der Waals surface area contributed by atoms with Gasteiger partial charge < -0.3 is 0 Å². The number of rotatable bonds is 3. The molecule has 2 aliphatic rings. The van der Waals surface area contributed by atoms with Crippen molar-refractivity contribution in [1.29, 1.82) is 0 Å². The number of hydrogen-bond acceptors (Lipinski definition) is 4. The quantitative estimate of drug-likeness (QED) is 0.455. The topological polar surface area (TPSA) is 58.9 Å². The van der Waals surface area contributed by atoms with E-state index in [1.165, 1.54) is 70.6 Å². The molecule has 2 aliphatic carbocycles. The molecule has 146 valence electrons. The largest absolute Gasteiger partial charge is 0.235 e. The van der Waals surface area contributed by atoms with E-state index in [9.17, 15) is 9.59 Å². The lowest BCUT2D eigenvalue weighted by Gasteiger charge is -2.41. The Hall–Kier alpha value is -1.24. The zero-order chi connectivity index (χ0) is 18.5. The minimum absolute atomic E-state index is 0.201. The molecule has 0 aromatic heterocycles.